The van der Waals surface area contributed by atoms with E-state index in [0.717, 1.165) is 22.4 Å². The van der Waals surface area contributed by atoms with Crippen molar-refractivity contribution in [1.29, 1.82) is 0 Å². The van der Waals surface area contributed by atoms with Gasteiger partial charge in [0.2, 0.25) is 0 Å². The summed E-state index contributed by atoms with van der Waals surface area (Å²) >= 11 is 0. The number of rotatable bonds is 8. The largest absolute Gasteiger partial charge is 0.496 e. The molecule has 0 aromatic heterocycles. The molecule has 7 nitrogen and oxygen atoms in total. The van der Waals surface area contributed by atoms with Gasteiger partial charge in [0.15, 0.2) is 5.75 Å². The predicted molar refractivity (Wildman–Crippen MR) is 113 cm³/mol. The highest BCUT2D eigenvalue weighted by molar-refractivity contribution is 5.81. The lowest BCUT2D eigenvalue weighted by molar-refractivity contribution is -0.386. The van der Waals surface area contributed by atoms with Gasteiger partial charge in [0.25, 0.3) is 0 Å². The summed E-state index contributed by atoms with van der Waals surface area (Å²) in [5, 5.41) is 15.5. The van der Waals surface area contributed by atoms with Crippen molar-refractivity contribution in [3.8, 4) is 11.5 Å². The molecule has 0 aliphatic heterocycles. The highest BCUT2D eigenvalue weighted by Crippen LogP contribution is 2.29. The summed E-state index contributed by atoms with van der Waals surface area (Å²) in [7, 11) is 1.57. The number of nitrogens with one attached hydrogen (secondary N) is 1. The Morgan fingerprint density at radius 3 is 2.55 bits per heavy atom. The summed E-state index contributed by atoms with van der Waals surface area (Å²) < 4.78 is 11.1. The number of para-hydroxylation sites is 1. The van der Waals surface area contributed by atoms with Crippen molar-refractivity contribution in [3.63, 3.8) is 0 Å². The molecular weight excluding hydrogens is 370 g/mol. The fourth-order valence-corrected chi connectivity index (χ4v) is 2.73. The summed E-state index contributed by atoms with van der Waals surface area (Å²) in [6.45, 7) is 1.92. The van der Waals surface area contributed by atoms with Crippen LogP contribution in [0.3, 0.4) is 0 Å². The molecule has 0 saturated carbocycles. The zero-order chi connectivity index (χ0) is 20.6. The number of nitro benzene ring substituents is 1. The van der Waals surface area contributed by atoms with E-state index in [0.29, 0.717) is 5.75 Å². The van der Waals surface area contributed by atoms with E-state index >= 15 is 0 Å². The first-order valence-corrected chi connectivity index (χ1v) is 8.95. The molecule has 148 valence electrons. The van der Waals surface area contributed by atoms with Gasteiger partial charge in [0, 0.05) is 11.6 Å². The van der Waals surface area contributed by atoms with E-state index in [9.17, 15) is 10.1 Å². The molecule has 0 spiro atoms. The van der Waals surface area contributed by atoms with Gasteiger partial charge in [-0.05, 0) is 54.4 Å². The number of nitro groups is 1. The normalized spacial score (nSPS) is 10.7. The maximum Gasteiger partial charge on any atom is 0.311 e. The minimum Gasteiger partial charge on any atom is -0.496 e. The predicted octanol–water partition coefficient (Wildman–Crippen LogP) is 4.94. The molecule has 0 atom stereocenters. The Kier molecular flexibility index (Phi) is 6.42. The number of nitrogens with zero attached hydrogens (tertiary/aromatic N) is 2. The minimum atomic E-state index is -0.447. The molecule has 0 heterocycles. The average Bonchev–Trinajstić information content (AvgIpc) is 2.73. The van der Waals surface area contributed by atoms with Gasteiger partial charge in [-0.25, -0.2) is 0 Å². The van der Waals surface area contributed by atoms with Crippen LogP contribution in [0, 0.1) is 17.0 Å². The standard InChI is InChI=1S/C22H21N3O4/c1-16-8-10-22(20(12-16)25(26)27)29-15-18-13-17(9-11-21(18)28-2)14-23-24-19-6-4-3-5-7-19/h3-14,24H,15H2,1-2H3. The Morgan fingerprint density at radius 2 is 1.83 bits per heavy atom. The molecule has 0 radical (unpaired) electrons. The molecule has 0 amide bonds. The van der Waals surface area contributed by atoms with Gasteiger partial charge in [0.1, 0.15) is 12.4 Å². The van der Waals surface area contributed by atoms with E-state index in [1.807, 2.05) is 48.5 Å². The summed E-state index contributed by atoms with van der Waals surface area (Å²) in [5.41, 5.74) is 6.17. The van der Waals surface area contributed by atoms with E-state index in [4.69, 9.17) is 9.47 Å². The van der Waals surface area contributed by atoms with Crippen LogP contribution in [0.1, 0.15) is 16.7 Å². The van der Waals surface area contributed by atoms with Crippen molar-refractivity contribution in [2.45, 2.75) is 13.5 Å². The second kappa shape index (κ2) is 9.36. The van der Waals surface area contributed by atoms with E-state index in [-0.39, 0.29) is 18.0 Å². The summed E-state index contributed by atoms with van der Waals surface area (Å²) in [5.74, 6) is 0.848. The fraction of sp³-hybridized carbons (Fsp3) is 0.136. The van der Waals surface area contributed by atoms with Crippen molar-refractivity contribution < 1.29 is 14.4 Å². The topological polar surface area (TPSA) is 86.0 Å². The number of hydrogen-bond acceptors (Lipinski definition) is 6. The number of anilines is 1. The van der Waals surface area contributed by atoms with Crippen LogP contribution in [-0.4, -0.2) is 18.2 Å². The maximum absolute atomic E-state index is 11.3. The number of hydrazone groups is 1. The zero-order valence-corrected chi connectivity index (χ0v) is 16.2. The Hall–Kier alpha value is -3.87. The smallest absolute Gasteiger partial charge is 0.311 e. The van der Waals surface area contributed by atoms with E-state index in [1.54, 1.807) is 32.4 Å². The van der Waals surface area contributed by atoms with Gasteiger partial charge in [-0.15, -0.1) is 0 Å². The number of aryl methyl sites for hydroxylation is 1. The second-order valence-electron chi connectivity index (χ2n) is 6.32. The zero-order valence-electron chi connectivity index (χ0n) is 16.2. The molecule has 0 aliphatic carbocycles. The van der Waals surface area contributed by atoms with Gasteiger partial charge in [-0.3, -0.25) is 15.5 Å². The van der Waals surface area contributed by atoms with E-state index in [1.165, 1.54) is 6.07 Å². The van der Waals surface area contributed by atoms with Crippen LogP contribution in [0.4, 0.5) is 11.4 Å². The summed E-state index contributed by atoms with van der Waals surface area (Å²) in [6, 6.07) is 20.0. The third-order valence-corrected chi connectivity index (χ3v) is 4.18. The molecule has 3 aromatic rings. The highest BCUT2D eigenvalue weighted by atomic mass is 16.6. The lowest BCUT2D eigenvalue weighted by Gasteiger charge is -2.11. The van der Waals surface area contributed by atoms with Crippen LogP contribution >= 0.6 is 0 Å². The number of ether oxygens (including phenoxy) is 2. The minimum absolute atomic E-state index is 0.0613. The Bertz CT molecular complexity index is 1020. The molecule has 0 fully saturated rings. The molecular formula is C22H21N3O4. The lowest BCUT2D eigenvalue weighted by atomic mass is 10.1. The fourth-order valence-electron chi connectivity index (χ4n) is 2.73. The molecule has 0 unspecified atom stereocenters. The van der Waals surface area contributed by atoms with Gasteiger partial charge < -0.3 is 9.47 Å². The second-order valence-corrected chi connectivity index (χ2v) is 6.32. The van der Waals surface area contributed by atoms with Crippen LogP contribution < -0.4 is 14.9 Å². The third kappa shape index (κ3) is 5.32. The number of benzene rings is 3. The van der Waals surface area contributed by atoms with Crippen molar-refractivity contribution in [3.05, 3.63) is 93.5 Å². The van der Waals surface area contributed by atoms with Crippen LogP contribution in [0.15, 0.2) is 71.8 Å². The highest BCUT2D eigenvalue weighted by Gasteiger charge is 2.16. The summed E-state index contributed by atoms with van der Waals surface area (Å²) in [4.78, 5) is 10.8. The third-order valence-electron chi connectivity index (χ3n) is 4.18. The molecule has 0 bridgehead atoms. The maximum atomic E-state index is 11.3. The molecule has 7 heteroatoms. The first-order valence-electron chi connectivity index (χ1n) is 8.95. The SMILES string of the molecule is COc1ccc(C=NNc2ccccc2)cc1COc1ccc(C)cc1[N+](=O)[O-]. The molecule has 3 rings (SSSR count). The van der Waals surface area contributed by atoms with E-state index in [2.05, 4.69) is 10.5 Å². The molecule has 1 N–H and O–H groups in total. The Balaban J connectivity index is 1.75. The average molecular weight is 391 g/mol. The monoisotopic (exact) mass is 391 g/mol. The Labute approximate surface area is 168 Å². The van der Waals surface area contributed by atoms with E-state index < -0.39 is 4.92 Å². The van der Waals surface area contributed by atoms with Crippen LogP contribution in [0.25, 0.3) is 0 Å². The quantitative estimate of drug-likeness (QED) is 0.334. The van der Waals surface area contributed by atoms with Crippen molar-refractivity contribution in [2.75, 3.05) is 12.5 Å². The van der Waals surface area contributed by atoms with Crippen LogP contribution in [-0.2, 0) is 6.61 Å². The van der Waals surface area contributed by atoms with Gasteiger partial charge in [0.05, 0.1) is 23.9 Å². The lowest BCUT2D eigenvalue weighted by Crippen LogP contribution is -2.02. The molecule has 29 heavy (non-hydrogen) atoms. The van der Waals surface area contributed by atoms with Crippen molar-refractivity contribution in [2.24, 2.45) is 5.10 Å². The Morgan fingerprint density at radius 1 is 1.07 bits per heavy atom. The van der Waals surface area contributed by atoms with Gasteiger partial charge >= 0.3 is 5.69 Å². The number of hydrogen-bond donors (Lipinski definition) is 1. The molecule has 3 aromatic carbocycles. The van der Waals surface area contributed by atoms with Crippen molar-refractivity contribution >= 4 is 17.6 Å². The number of methoxy groups -OCH3 is 1. The van der Waals surface area contributed by atoms with Crippen LogP contribution in [0.5, 0.6) is 11.5 Å². The first-order chi connectivity index (χ1) is 14.1. The first kappa shape index (κ1) is 19.9. The van der Waals surface area contributed by atoms with Crippen LogP contribution in [0.2, 0.25) is 0 Å². The van der Waals surface area contributed by atoms with Crippen molar-refractivity contribution in [1.82, 2.24) is 0 Å². The molecule has 0 aliphatic rings. The molecule has 0 saturated heterocycles. The van der Waals surface area contributed by atoms with Gasteiger partial charge in [-0.1, -0.05) is 24.3 Å². The summed E-state index contributed by atoms with van der Waals surface area (Å²) in [6.07, 6.45) is 1.68. The van der Waals surface area contributed by atoms with Gasteiger partial charge in [-0.2, -0.15) is 5.10 Å².